The summed E-state index contributed by atoms with van der Waals surface area (Å²) in [6.45, 7) is 4.37. The zero-order valence-corrected chi connectivity index (χ0v) is 7.89. The van der Waals surface area contributed by atoms with Crippen molar-refractivity contribution in [2.24, 2.45) is 10.8 Å². The number of allylic oxidation sites excluding steroid dienone is 2. The number of fused-ring (bicyclic) bond motifs is 1. The fraction of sp³-hybridized carbons (Fsp3) is 0.727. The van der Waals surface area contributed by atoms with Crippen molar-refractivity contribution >= 4 is 5.78 Å². The maximum absolute atomic E-state index is 11.7. The van der Waals surface area contributed by atoms with Gasteiger partial charge in [0.25, 0.3) is 0 Å². The second-order valence-electron chi connectivity index (χ2n) is 4.61. The Morgan fingerprint density at radius 3 is 2.75 bits per heavy atom. The van der Waals surface area contributed by atoms with Crippen LogP contribution >= 0.6 is 0 Å². The predicted molar refractivity (Wildman–Crippen MR) is 48.8 cm³/mol. The van der Waals surface area contributed by atoms with Crippen molar-refractivity contribution in [1.29, 1.82) is 0 Å². The summed E-state index contributed by atoms with van der Waals surface area (Å²) in [5, 5.41) is 0. The monoisotopic (exact) mass is 164 g/mol. The van der Waals surface area contributed by atoms with Gasteiger partial charge in [-0.05, 0) is 24.7 Å². The average molecular weight is 164 g/mol. The zero-order chi connectivity index (χ0) is 8.82. The van der Waals surface area contributed by atoms with E-state index in [9.17, 15) is 4.79 Å². The third-order valence-electron chi connectivity index (χ3n) is 4.04. The molecule has 0 aromatic heterocycles. The summed E-state index contributed by atoms with van der Waals surface area (Å²) in [5.41, 5.74) is 0.129. The Bertz CT molecular complexity index is 254. The molecule has 0 bridgehead atoms. The first-order chi connectivity index (χ1) is 5.58. The van der Waals surface area contributed by atoms with Crippen molar-refractivity contribution in [2.45, 2.75) is 39.5 Å². The van der Waals surface area contributed by atoms with Crippen molar-refractivity contribution < 1.29 is 4.79 Å². The van der Waals surface area contributed by atoms with Crippen LogP contribution in [0, 0.1) is 10.8 Å². The van der Waals surface area contributed by atoms with E-state index in [0.717, 1.165) is 25.7 Å². The van der Waals surface area contributed by atoms with Gasteiger partial charge in [0.2, 0.25) is 0 Å². The summed E-state index contributed by atoms with van der Waals surface area (Å²) in [5.74, 6) is 0.481. The fourth-order valence-corrected chi connectivity index (χ4v) is 2.65. The maximum Gasteiger partial charge on any atom is 0.139 e. The largest absolute Gasteiger partial charge is 0.299 e. The molecule has 1 nitrogen and oxygen atoms in total. The molecule has 1 heteroatoms. The van der Waals surface area contributed by atoms with Crippen LogP contribution in [0.4, 0.5) is 0 Å². The first kappa shape index (κ1) is 8.03. The quantitative estimate of drug-likeness (QED) is 0.503. The molecule has 2 rings (SSSR count). The first-order valence-electron chi connectivity index (χ1n) is 4.80. The molecule has 0 unspecified atom stereocenters. The highest BCUT2D eigenvalue weighted by Crippen LogP contribution is 2.55. The maximum atomic E-state index is 11.7. The van der Waals surface area contributed by atoms with Crippen LogP contribution in [-0.2, 0) is 4.79 Å². The van der Waals surface area contributed by atoms with Gasteiger partial charge in [0.05, 0.1) is 0 Å². The molecule has 0 radical (unpaired) electrons. The Kier molecular flexibility index (Phi) is 1.48. The lowest BCUT2D eigenvalue weighted by Gasteiger charge is -2.40. The highest BCUT2D eigenvalue weighted by atomic mass is 16.1. The molecule has 0 heterocycles. The summed E-state index contributed by atoms with van der Waals surface area (Å²) in [6.07, 6.45) is 8.48. The molecule has 0 aromatic carbocycles. The van der Waals surface area contributed by atoms with Crippen LogP contribution in [0.5, 0.6) is 0 Å². The van der Waals surface area contributed by atoms with Crippen LogP contribution in [-0.4, -0.2) is 5.78 Å². The Labute approximate surface area is 73.8 Å². The van der Waals surface area contributed by atoms with Gasteiger partial charge in [-0.2, -0.15) is 0 Å². The molecule has 0 spiro atoms. The van der Waals surface area contributed by atoms with Gasteiger partial charge in [-0.25, -0.2) is 0 Å². The molecule has 0 saturated heterocycles. The lowest BCUT2D eigenvalue weighted by Crippen LogP contribution is -2.37. The van der Waals surface area contributed by atoms with Crippen molar-refractivity contribution in [2.75, 3.05) is 0 Å². The van der Waals surface area contributed by atoms with Crippen LogP contribution in [0.3, 0.4) is 0 Å². The molecular formula is C11H16O. The summed E-state index contributed by atoms with van der Waals surface area (Å²) in [7, 11) is 0. The Morgan fingerprint density at radius 1 is 1.33 bits per heavy atom. The molecule has 1 fully saturated rings. The van der Waals surface area contributed by atoms with Crippen molar-refractivity contribution in [3.63, 3.8) is 0 Å². The van der Waals surface area contributed by atoms with Gasteiger partial charge in [-0.1, -0.05) is 26.0 Å². The lowest BCUT2D eigenvalue weighted by molar-refractivity contribution is -0.128. The van der Waals surface area contributed by atoms with Gasteiger partial charge < -0.3 is 0 Å². The normalized spacial score (nSPS) is 46.3. The Balaban J connectivity index is 2.46. The summed E-state index contributed by atoms with van der Waals surface area (Å²) < 4.78 is 0. The minimum atomic E-state index is -0.0399. The molecule has 2 aliphatic carbocycles. The first-order valence-corrected chi connectivity index (χ1v) is 4.80. The highest BCUT2D eigenvalue weighted by molar-refractivity contribution is 5.88. The standard InChI is InChI=1S/C11H16O/c1-10-6-3-4-7-11(10,2)9(12)5-8-10/h3,6H,4-5,7-8H2,1-2H3/t10-,11-/m1/s1. The SMILES string of the molecule is C[C@]12C=CCC[C@]1(C)C(=O)CC2. The summed E-state index contributed by atoms with van der Waals surface area (Å²) in [4.78, 5) is 11.7. The third-order valence-corrected chi connectivity index (χ3v) is 4.04. The number of ketones is 1. The number of carbonyl (C=O) groups excluding carboxylic acids is 1. The van der Waals surface area contributed by atoms with Gasteiger partial charge in [0.1, 0.15) is 5.78 Å². The van der Waals surface area contributed by atoms with Crippen molar-refractivity contribution in [3.8, 4) is 0 Å². The van der Waals surface area contributed by atoms with Crippen LogP contribution in [0.25, 0.3) is 0 Å². The number of Topliss-reactive ketones (excluding diaryl/α,β-unsaturated/α-hetero) is 1. The summed E-state index contributed by atoms with van der Waals surface area (Å²) >= 11 is 0. The van der Waals surface area contributed by atoms with E-state index in [4.69, 9.17) is 0 Å². The van der Waals surface area contributed by atoms with E-state index in [1.165, 1.54) is 0 Å². The van der Waals surface area contributed by atoms with Gasteiger partial charge in [0.15, 0.2) is 0 Å². The van der Waals surface area contributed by atoms with Gasteiger partial charge in [0, 0.05) is 11.8 Å². The molecule has 1 saturated carbocycles. The Hall–Kier alpha value is -0.590. The summed E-state index contributed by atoms with van der Waals surface area (Å²) in [6, 6.07) is 0. The molecular weight excluding hydrogens is 148 g/mol. The fourth-order valence-electron chi connectivity index (χ4n) is 2.65. The van der Waals surface area contributed by atoms with Gasteiger partial charge >= 0.3 is 0 Å². The molecule has 0 aliphatic heterocycles. The van der Waals surface area contributed by atoms with Gasteiger partial charge in [-0.3, -0.25) is 4.79 Å². The number of rotatable bonds is 0. The van der Waals surface area contributed by atoms with E-state index < -0.39 is 0 Å². The van der Waals surface area contributed by atoms with Crippen LogP contribution in [0.1, 0.15) is 39.5 Å². The molecule has 66 valence electrons. The van der Waals surface area contributed by atoms with Crippen LogP contribution < -0.4 is 0 Å². The topological polar surface area (TPSA) is 17.1 Å². The minimum Gasteiger partial charge on any atom is -0.299 e. The number of hydrogen-bond acceptors (Lipinski definition) is 1. The van der Waals surface area contributed by atoms with Crippen molar-refractivity contribution in [3.05, 3.63) is 12.2 Å². The molecule has 2 atom stereocenters. The number of carbonyl (C=O) groups is 1. The molecule has 0 amide bonds. The smallest absolute Gasteiger partial charge is 0.139 e. The molecule has 0 N–H and O–H groups in total. The minimum absolute atomic E-state index is 0.0399. The average Bonchev–Trinajstić information content (AvgIpc) is 2.28. The van der Waals surface area contributed by atoms with E-state index in [2.05, 4.69) is 26.0 Å². The third kappa shape index (κ3) is 0.769. The van der Waals surface area contributed by atoms with E-state index in [1.807, 2.05) is 0 Å². The van der Waals surface area contributed by atoms with E-state index in [1.54, 1.807) is 0 Å². The Morgan fingerprint density at radius 2 is 2.08 bits per heavy atom. The molecule has 0 aromatic rings. The second-order valence-corrected chi connectivity index (χ2v) is 4.61. The predicted octanol–water partition coefficient (Wildman–Crippen LogP) is 2.71. The van der Waals surface area contributed by atoms with E-state index in [-0.39, 0.29) is 10.8 Å². The van der Waals surface area contributed by atoms with Gasteiger partial charge in [-0.15, -0.1) is 0 Å². The lowest BCUT2D eigenvalue weighted by atomic mass is 9.63. The van der Waals surface area contributed by atoms with Crippen LogP contribution in [0.2, 0.25) is 0 Å². The highest BCUT2D eigenvalue weighted by Gasteiger charge is 2.53. The second kappa shape index (κ2) is 2.21. The van der Waals surface area contributed by atoms with Crippen LogP contribution in [0.15, 0.2) is 12.2 Å². The van der Waals surface area contributed by atoms with Crippen molar-refractivity contribution in [1.82, 2.24) is 0 Å². The number of hydrogen-bond donors (Lipinski definition) is 0. The van der Waals surface area contributed by atoms with E-state index >= 15 is 0 Å². The zero-order valence-electron chi connectivity index (χ0n) is 7.89. The molecule has 12 heavy (non-hydrogen) atoms. The molecule has 2 aliphatic rings. The van der Waals surface area contributed by atoms with E-state index in [0.29, 0.717) is 5.78 Å².